The predicted molar refractivity (Wildman–Crippen MR) is 92.6 cm³/mol. The maximum Gasteiger partial charge on any atom is 0.318 e. The summed E-state index contributed by atoms with van der Waals surface area (Å²) in [6, 6.07) is 5.14. The quantitative estimate of drug-likeness (QED) is 0.893. The van der Waals surface area contributed by atoms with Gasteiger partial charge < -0.3 is 24.2 Å². The van der Waals surface area contributed by atoms with Crippen molar-refractivity contribution in [2.24, 2.45) is 0 Å². The molecule has 25 heavy (non-hydrogen) atoms. The minimum Gasteiger partial charge on any atom is -0.493 e. The Kier molecular flexibility index (Phi) is 5.51. The molecule has 136 valence electrons. The first-order chi connectivity index (χ1) is 11.7. The van der Waals surface area contributed by atoms with E-state index >= 15 is 0 Å². The van der Waals surface area contributed by atoms with Crippen LogP contribution in [0.4, 0.5) is 4.79 Å². The van der Waals surface area contributed by atoms with E-state index in [-0.39, 0.29) is 18.1 Å². The van der Waals surface area contributed by atoms with Crippen LogP contribution in [0.25, 0.3) is 11.4 Å². The molecule has 0 aliphatic rings. The maximum atomic E-state index is 12.1. The van der Waals surface area contributed by atoms with Crippen molar-refractivity contribution in [3.8, 4) is 22.9 Å². The standard InChI is InChI=1S/C17H24N4O4/c1-17(2,3)19-16(22)21(4)10-14-18-15(20-25-14)11-7-8-12(23-5)13(9-11)24-6/h7-9H,10H2,1-6H3,(H,19,22). The third-order valence-corrected chi connectivity index (χ3v) is 3.31. The second kappa shape index (κ2) is 7.42. The molecule has 0 aliphatic carbocycles. The first-order valence-corrected chi connectivity index (χ1v) is 7.82. The van der Waals surface area contributed by atoms with Gasteiger partial charge in [0, 0.05) is 18.2 Å². The van der Waals surface area contributed by atoms with Crippen molar-refractivity contribution in [1.29, 1.82) is 0 Å². The molecule has 1 aromatic carbocycles. The van der Waals surface area contributed by atoms with Crippen molar-refractivity contribution in [2.75, 3.05) is 21.3 Å². The fraction of sp³-hybridized carbons (Fsp3) is 0.471. The molecule has 0 saturated heterocycles. The Morgan fingerprint density at radius 3 is 2.52 bits per heavy atom. The molecule has 0 aliphatic heterocycles. The van der Waals surface area contributed by atoms with Crippen LogP contribution in [0.15, 0.2) is 22.7 Å². The monoisotopic (exact) mass is 348 g/mol. The molecule has 0 saturated carbocycles. The average molecular weight is 348 g/mol. The highest BCUT2D eigenvalue weighted by molar-refractivity contribution is 5.74. The highest BCUT2D eigenvalue weighted by Crippen LogP contribution is 2.31. The second-order valence-electron chi connectivity index (χ2n) is 6.62. The zero-order valence-corrected chi connectivity index (χ0v) is 15.4. The number of nitrogens with one attached hydrogen (secondary N) is 1. The average Bonchev–Trinajstić information content (AvgIpc) is 3.01. The van der Waals surface area contributed by atoms with Gasteiger partial charge in [-0.15, -0.1) is 0 Å². The molecular formula is C17H24N4O4. The third kappa shape index (κ3) is 4.85. The van der Waals surface area contributed by atoms with E-state index in [0.29, 0.717) is 23.2 Å². The molecule has 1 aromatic heterocycles. The molecule has 2 amide bonds. The van der Waals surface area contributed by atoms with Crippen molar-refractivity contribution < 1.29 is 18.8 Å². The molecule has 2 rings (SSSR count). The summed E-state index contributed by atoms with van der Waals surface area (Å²) in [6.45, 7) is 5.96. The van der Waals surface area contributed by atoms with E-state index in [9.17, 15) is 4.79 Å². The van der Waals surface area contributed by atoms with Crippen molar-refractivity contribution >= 4 is 6.03 Å². The van der Waals surface area contributed by atoms with Gasteiger partial charge in [-0.3, -0.25) is 0 Å². The van der Waals surface area contributed by atoms with Gasteiger partial charge in [0.05, 0.1) is 14.2 Å². The summed E-state index contributed by atoms with van der Waals surface area (Å²) >= 11 is 0. The van der Waals surface area contributed by atoms with E-state index in [1.165, 1.54) is 4.90 Å². The second-order valence-corrected chi connectivity index (χ2v) is 6.62. The molecule has 0 bridgehead atoms. The predicted octanol–water partition coefficient (Wildman–Crippen LogP) is 2.69. The fourth-order valence-electron chi connectivity index (χ4n) is 2.10. The molecule has 0 atom stereocenters. The SMILES string of the molecule is COc1ccc(-c2noc(CN(C)C(=O)NC(C)(C)C)n2)cc1OC. The summed E-state index contributed by atoms with van der Waals surface area (Å²) < 4.78 is 15.7. The number of urea groups is 1. The van der Waals surface area contributed by atoms with Gasteiger partial charge in [-0.25, -0.2) is 4.79 Å². The minimum absolute atomic E-state index is 0.210. The number of rotatable bonds is 5. The number of nitrogens with zero attached hydrogens (tertiary/aromatic N) is 3. The molecule has 0 unspecified atom stereocenters. The van der Waals surface area contributed by atoms with E-state index in [1.54, 1.807) is 33.4 Å². The number of methoxy groups -OCH3 is 2. The number of amides is 2. The number of hydrogen-bond donors (Lipinski definition) is 1. The Labute approximate surface area is 147 Å². The summed E-state index contributed by atoms with van der Waals surface area (Å²) in [4.78, 5) is 17.9. The first-order valence-electron chi connectivity index (χ1n) is 7.82. The van der Waals surface area contributed by atoms with Gasteiger partial charge in [0.15, 0.2) is 11.5 Å². The van der Waals surface area contributed by atoms with Crippen LogP contribution in [0.3, 0.4) is 0 Å². The molecule has 8 heteroatoms. The van der Waals surface area contributed by atoms with Gasteiger partial charge in [-0.2, -0.15) is 4.98 Å². The Balaban J connectivity index is 2.11. The van der Waals surface area contributed by atoms with Crippen molar-refractivity contribution in [3.63, 3.8) is 0 Å². The molecular weight excluding hydrogens is 324 g/mol. The number of carbonyl (C=O) groups excluding carboxylic acids is 1. The van der Waals surface area contributed by atoms with Crippen LogP contribution >= 0.6 is 0 Å². The molecule has 1 N–H and O–H groups in total. The lowest BCUT2D eigenvalue weighted by molar-refractivity contribution is 0.190. The van der Waals surface area contributed by atoms with Gasteiger partial charge in [0.2, 0.25) is 11.7 Å². The van der Waals surface area contributed by atoms with Crippen molar-refractivity contribution in [2.45, 2.75) is 32.9 Å². The van der Waals surface area contributed by atoms with Crippen LogP contribution in [0, 0.1) is 0 Å². The lowest BCUT2D eigenvalue weighted by atomic mass is 10.1. The van der Waals surface area contributed by atoms with Gasteiger partial charge in [0.1, 0.15) is 6.54 Å². The van der Waals surface area contributed by atoms with E-state index in [4.69, 9.17) is 14.0 Å². The van der Waals surface area contributed by atoms with Crippen LogP contribution < -0.4 is 14.8 Å². The van der Waals surface area contributed by atoms with Crippen LogP contribution in [0.1, 0.15) is 26.7 Å². The fourth-order valence-corrected chi connectivity index (χ4v) is 2.10. The zero-order valence-electron chi connectivity index (χ0n) is 15.4. The number of carbonyl (C=O) groups is 1. The third-order valence-electron chi connectivity index (χ3n) is 3.31. The van der Waals surface area contributed by atoms with Crippen LogP contribution in [-0.2, 0) is 6.54 Å². The lowest BCUT2D eigenvalue weighted by Gasteiger charge is -2.24. The zero-order chi connectivity index (χ0) is 18.6. The Hall–Kier alpha value is -2.77. The van der Waals surface area contributed by atoms with Crippen LogP contribution in [0.5, 0.6) is 11.5 Å². The first kappa shape index (κ1) is 18.6. The van der Waals surface area contributed by atoms with E-state index < -0.39 is 0 Å². The van der Waals surface area contributed by atoms with Crippen molar-refractivity contribution in [1.82, 2.24) is 20.4 Å². The maximum absolute atomic E-state index is 12.1. The Bertz CT molecular complexity index is 736. The molecule has 0 radical (unpaired) electrons. The number of hydrogen-bond acceptors (Lipinski definition) is 6. The van der Waals surface area contributed by atoms with Gasteiger partial charge >= 0.3 is 6.03 Å². The molecule has 2 aromatic rings. The summed E-state index contributed by atoms with van der Waals surface area (Å²) in [5.41, 5.74) is 0.416. The smallest absolute Gasteiger partial charge is 0.318 e. The molecule has 0 spiro atoms. The van der Waals surface area contributed by atoms with E-state index in [2.05, 4.69) is 15.5 Å². The lowest BCUT2D eigenvalue weighted by Crippen LogP contribution is -2.46. The highest BCUT2D eigenvalue weighted by atomic mass is 16.5. The van der Waals surface area contributed by atoms with Crippen LogP contribution in [-0.4, -0.2) is 47.9 Å². The Morgan fingerprint density at radius 1 is 1.24 bits per heavy atom. The van der Waals surface area contributed by atoms with Crippen LogP contribution in [0.2, 0.25) is 0 Å². The summed E-state index contributed by atoms with van der Waals surface area (Å²) in [5, 5.41) is 6.84. The Morgan fingerprint density at radius 2 is 1.92 bits per heavy atom. The number of aromatic nitrogens is 2. The number of benzene rings is 1. The summed E-state index contributed by atoms with van der Waals surface area (Å²) in [7, 11) is 4.80. The minimum atomic E-state index is -0.314. The topological polar surface area (TPSA) is 89.7 Å². The van der Waals surface area contributed by atoms with Gasteiger partial charge in [-0.1, -0.05) is 5.16 Å². The van der Waals surface area contributed by atoms with E-state index in [0.717, 1.165) is 5.56 Å². The highest BCUT2D eigenvalue weighted by Gasteiger charge is 2.19. The van der Waals surface area contributed by atoms with Gasteiger partial charge in [0.25, 0.3) is 0 Å². The number of ether oxygens (including phenoxy) is 2. The normalized spacial score (nSPS) is 11.1. The summed E-state index contributed by atoms with van der Waals surface area (Å²) in [6.07, 6.45) is 0. The van der Waals surface area contributed by atoms with Crippen molar-refractivity contribution in [3.05, 3.63) is 24.1 Å². The largest absolute Gasteiger partial charge is 0.493 e. The molecule has 1 heterocycles. The summed E-state index contributed by atoms with van der Waals surface area (Å²) in [5.74, 6) is 1.96. The van der Waals surface area contributed by atoms with Gasteiger partial charge in [-0.05, 0) is 39.0 Å². The molecule has 0 fully saturated rings. The van der Waals surface area contributed by atoms with E-state index in [1.807, 2.05) is 26.8 Å². The molecule has 8 nitrogen and oxygen atoms in total.